The van der Waals surface area contributed by atoms with Gasteiger partial charge in [-0.2, -0.15) is 5.10 Å². The van der Waals surface area contributed by atoms with Crippen molar-refractivity contribution < 1.29 is 4.39 Å². The fourth-order valence-electron chi connectivity index (χ4n) is 2.09. The molecular weight excluding hydrogens is 462 g/mol. The number of rotatable bonds is 2. The third kappa shape index (κ3) is 3.00. The van der Waals surface area contributed by atoms with E-state index in [1.165, 1.54) is 6.07 Å². The molecule has 112 valence electrons. The van der Waals surface area contributed by atoms with Crippen LogP contribution < -0.4 is 5.73 Å². The summed E-state index contributed by atoms with van der Waals surface area (Å²) in [4.78, 5) is 4.22. The van der Waals surface area contributed by atoms with Gasteiger partial charge in [0.2, 0.25) is 0 Å². The molecule has 3 aromatic rings. The van der Waals surface area contributed by atoms with Crippen molar-refractivity contribution in [2.45, 2.75) is 0 Å². The number of amidine groups is 1. The molecule has 0 amide bonds. The first kappa shape index (κ1) is 15.4. The van der Waals surface area contributed by atoms with Gasteiger partial charge >= 0.3 is 0 Å². The van der Waals surface area contributed by atoms with Crippen LogP contribution in [0.4, 0.5) is 10.1 Å². The molecule has 0 fully saturated rings. The Morgan fingerprint density at radius 2 is 2.14 bits per heavy atom. The quantitative estimate of drug-likeness (QED) is 0.346. The van der Waals surface area contributed by atoms with Crippen LogP contribution in [-0.4, -0.2) is 15.6 Å². The van der Waals surface area contributed by atoms with Gasteiger partial charge in [-0.3, -0.25) is 4.68 Å². The van der Waals surface area contributed by atoms with Crippen LogP contribution in [0, 0.1) is 9.39 Å². The van der Waals surface area contributed by atoms with E-state index in [9.17, 15) is 4.39 Å². The number of aliphatic imine (C=N–C) groups is 1. The Labute approximate surface area is 148 Å². The normalized spacial score (nSPS) is 12.1. The lowest BCUT2D eigenvalue weighted by Gasteiger charge is -2.04. The molecule has 0 saturated carbocycles. The molecule has 0 aliphatic carbocycles. The number of benzene rings is 2. The van der Waals surface area contributed by atoms with Gasteiger partial charge in [-0.1, -0.05) is 6.07 Å². The van der Waals surface area contributed by atoms with Crippen molar-refractivity contribution in [3.8, 4) is 0 Å². The highest BCUT2D eigenvalue weighted by Gasteiger charge is 2.09. The summed E-state index contributed by atoms with van der Waals surface area (Å²) in [5.74, 6) is -0.173. The summed E-state index contributed by atoms with van der Waals surface area (Å²) in [6.07, 6.45) is 1.81. The zero-order chi connectivity index (χ0) is 15.9. The van der Waals surface area contributed by atoms with Crippen molar-refractivity contribution in [2.24, 2.45) is 17.8 Å². The summed E-state index contributed by atoms with van der Waals surface area (Å²) < 4.78 is 17.8. The molecule has 22 heavy (non-hydrogen) atoms. The summed E-state index contributed by atoms with van der Waals surface area (Å²) >= 11 is 5.62. The summed E-state index contributed by atoms with van der Waals surface area (Å²) in [6.45, 7) is 0. The number of nitrogens with two attached hydrogens (primary N) is 1. The van der Waals surface area contributed by atoms with Gasteiger partial charge in [-0.25, -0.2) is 9.38 Å². The first-order chi connectivity index (χ1) is 10.4. The van der Waals surface area contributed by atoms with E-state index < -0.39 is 5.82 Å². The Bertz CT molecular complexity index is 904. The van der Waals surface area contributed by atoms with Crippen molar-refractivity contribution in [1.29, 1.82) is 0 Å². The van der Waals surface area contributed by atoms with Crippen LogP contribution in [0.25, 0.3) is 10.9 Å². The molecule has 0 aliphatic rings. The molecule has 2 N–H and O–H groups in total. The monoisotopic (exact) mass is 472 g/mol. The molecule has 4 nitrogen and oxygen atoms in total. The maximum atomic E-state index is 14.1. The minimum Gasteiger partial charge on any atom is -0.383 e. The molecule has 0 saturated heterocycles. The zero-order valence-electron chi connectivity index (χ0n) is 11.5. The Hall–Kier alpha value is -1.48. The minimum atomic E-state index is -0.444. The molecule has 0 aliphatic heterocycles. The molecular formula is C15H11BrFIN4. The average Bonchev–Trinajstić information content (AvgIpc) is 2.81. The summed E-state index contributed by atoms with van der Waals surface area (Å²) in [5.41, 5.74) is 7.55. The van der Waals surface area contributed by atoms with E-state index in [1.54, 1.807) is 17.8 Å². The average molecular weight is 473 g/mol. The molecule has 3 rings (SSSR count). The van der Waals surface area contributed by atoms with Crippen LogP contribution in [0.15, 0.2) is 46.0 Å². The highest BCUT2D eigenvalue weighted by molar-refractivity contribution is 14.1. The predicted molar refractivity (Wildman–Crippen MR) is 97.9 cm³/mol. The molecule has 1 heterocycles. The Kier molecular flexibility index (Phi) is 4.18. The van der Waals surface area contributed by atoms with Gasteiger partial charge in [0.1, 0.15) is 11.5 Å². The summed E-state index contributed by atoms with van der Waals surface area (Å²) in [6, 6.07) is 8.64. The number of hydrogen-bond acceptors (Lipinski definition) is 2. The van der Waals surface area contributed by atoms with E-state index in [-0.39, 0.29) is 11.5 Å². The Morgan fingerprint density at radius 3 is 2.86 bits per heavy atom. The third-order valence-corrected chi connectivity index (χ3v) is 5.47. The SMILES string of the molecule is Cn1cc2cc(N=C(N)c3ccc(Br)c(I)c3)c(F)cc2n1. The van der Waals surface area contributed by atoms with Crippen LogP contribution in [0.5, 0.6) is 0 Å². The van der Waals surface area contributed by atoms with E-state index in [1.807, 2.05) is 24.4 Å². The Morgan fingerprint density at radius 1 is 1.36 bits per heavy atom. The number of fused-ring (bicyclic) bond motifs is 1. The van der Waals surface area contributed by atoms with Crippen molar-refractivity contribution in [3.63, 3.8) is 0 Å². The molecule has 7 heteroatoms. The van der Waals surface area contributed by atoms with Crippen LogP contribution in [0.2, 0.25) is 0 Å². The zero-order valence-corrected chi connectivity index (χ0v) is 15.3. The second-order valence-corrected chi connectivity index (χ2v) is 6.81. The lowest BCUT2D eigenvalue weighted by Crippen LogP contribution is -2.13. The molecule has 0 unspecified atom stereocenters. The van der Waals surface area contributed by atoms with Gasteiger partial charge in [0.05, 0.1) is 5.52 Å². The standard InChI is InChI=1S/C15H11BrFIN4/c1-22-7-9-5-14(11(17)6-13(9)21-22)20-15(19)8-2-3-10(16)12(18)4-8/h2-7H,1H3,(H2,19,20). The van der Waals surface area contributed by atoms with E-state index in [4.69, 9.17) is 5.73 Å². The van der Waals surface area contributed by atoms with Crippen molar-refractivity contribution >= 4 is 60.9 Å². The van der Waals surface area contributed by atoms with Crippen LogP contribution in [-0.2, 0) is 7.05 Å². The molecule has 0 radical (unpaired) electrons. The van der Waals surface area contributed by atoms with Crippen LogP contribution in [0.1, 0.15) is 5.56 Å². The highest BCUT2D eigenvalue weighted by Crippen LogP contribution is 2.25. The van der Waals surface area contributed by atoms with E-state index >= 15 is 0 Å². The molecule has 0 bridgehead atoms. The van der Waals surface area contributed by atoms with Gasteiger partial charge in [0.25, 0.3) is 0 Å². The third-order valence-electron chi connectivity index (χ3n) is 3.14. The van der Waals surface area contributed by atoms with Crippen molar-refractivity contribution in [3.05, 3.63) is 56.0 Å². The smallest absolute Gasteiger partial charge is 0.151 e. The molecule has 2 aromatic carbocycles. The highest BCUT2D eigenvalue weighted by atomic mass is 127. The predicted octanol–water partition coefficient (Wildman–Crippen LogP) is 4.12. The van der Waals surface area contributed by atoms with Gasteiger partial charge in [-0.15, -0.1) is 0 Å². The Balaban J connectivity index is 2.06. The van der Waals surface area contributed by atoms with Gasteiger partial charge < -0.3 is 5.73 Å². The lowest BCUT2D eigenvalue weighted by atomic mass is 10.2. The van der Waals surface area contributed by atoms with Crippen molar-refractivity contribution in [2.75, 3.05) is 0 Å². The largest absolute Gasteiger partial charge is 0.383 e. The second kappa shape index (κ2) is 5.96. The van der Waals surface area contributed by atoms with E-state index in [0.717, 1.165) is 19.0 Å². The first-order valence-electron chi connectivity index (χ1n) is 6.36. The van der Waals surface area contributed by atoms with Crippen molar-refractivity contribution in [1.82, 2.24) is 9.78 Å². The number of aromatic nitrogens is 2. The maximum Gasteiger partial charge on any atom is 0.151 e. The topological polar surface area (TPSA) is 56.2 Å². The van der Waals surface area contributed by atoms with E-state index in [2.05, 4.69) is 48.6 Å². The number of hydrogen-bond donors (Lipinski definition) is 1. The van der Waals surface area contributed by atoms with Crippen LogP contribution in [0.3, 0.4) is 0 Å². The first-order valence-corrected chi connectivity index (χ1v) is 8.24. The number of aryl methyl sites for hydroxylation is 1. The number of halogens is 3. The molecule has 1 aromatic heterocycles. The molecule has 0 spiro atoms. The summed E-state index contributed by atoms with van der Waals surface area (Å²) in [5, 5.41) is 4.98. The minimum absolute atomic E-state index is 0.205. The molecule has 0 atom stereocenters. The van der Waals surface area contributed by atoms with Gasteiger partial charge in [-0.05, 0) is 56.7 Å². The fraction of sp³-hybridized carbons (Fsp3) is 0.0667. The van der Waals surface area contributed by atoms with Gasteiger partial charge in [0, 0.05) is 38.3 Å². The lowest BCUT2D eigenvalue weighted by molar-refractivity contribution is 0.631. The van der Waals surface area contributed by atoms with E-state index in [0.29, 0.717) is 5.52 Å². The maximum absolute atomic E-state index is 14.1. The van der Waals surface area contributed by atoms with Crippen LogP contribution >= 0.6 is 38.5 Å². The second-order valence-electron chi connectivity index (χ2n) is 4.79. The van der Waals surface area contributed by atoms with Gasteiger partial charge in [0.15, 0.2) is 5.82 Å². The fourth-order valence-corrected chi connectivity index (χ4v) is 2.85. The number of nitrogens with zero attached hydrogens (tertiary/aromatic N) is 3. The summed E-state index contributed by atoms with van der Waals surface area (Å²) in [7, 11) is 1.79.